The predicted octanol–water partition coefficient (Wildman–Crippen LogP) is 6.11. The molecule has 3 heterocycles. The lowest BCUT2D eigenvalue weighted by molar-refractivity contribution is -0.134. The Morgan fingerprint density at radius 3 is 2.66 bits per heavy atom. The predicted molar refractivity (Wildman–Crippen MR) is 154 cm³/mol. The van der Waals surface area contributed by atoms with E-state index in [9.17, 15) is 4.79 Å². The number of unbranched alkanes of at least 4 members (excludes halogenated alkanes) is 2. The minimum Gasteiger partial charge on any atom is -0.483 e. The highest BCUT2D eigenvalue weighted by atomic mass is 16.5. The average Bonchev–Trinajstić information content (AvgIpc) is 2.87. The molecule has 1 unspecified atom stereocenters. The van der Waals surface area contributed by atoms with Crippen molar-refractivity contribution in [1.29, 1.82) is 0 Å². The van der Waals surface area contributed by atoms with Crippen molar-refractivity contribution < 1.29 is 19.0 Å². The van der Waals surface area contributed by atoms with Crippen molar-refractivity contribution >= 4 is 11.5 Å². The summed E-state index contributed by atoms with van der Waals surface area (Å²) in [6, 6.07) is 4.34. The highest BCUT2D eigenvalue weighted by Crippen LogP contribution is 2.48. The molecule has 0 amide bonds. The third-order valence-corrected chi connectivity index (χ3v) is 8.46. The van der Waals surface area contributed by atoms with Crippen molar-refractivity contribution in [2.45, 2.75) is 91.1 Å². The molecule has 1 aromatic carbocycles. The third kappa shape index (κ3) is 7.61. The van der Waals surface area contributed by atoms with Gasteiger partial charge < -0.3 is 19.1 Å². The summed E-state index contributed by atoms with van der Waals surface area (Å²) in [5.41, 5.74) is 4.46. The average molecular weight is 527 g/mol. The van der Waals surface area contributed by atoms with E-state index in [1.165, 1.54) is 42.4 Å². The summed E-state index contributed by atoms with van der Waals surface area (Å²) in [4.78, 5) is 17.8. The lowest BCUT2D eigenvalue weighted by Gasteiger charge is -2.42. The molecule has 0 radical (unpaired) electrons. The number of aryl methyl sites for hydroxylation is 1. The molecule has 0 spiro atoms. The van der Waals surface area contributed by atoms with Crippen LogP contribution < -0.4 is 9.47 Å². The molecule has 0 aromatic heterocycles. The van der Waals surface area contributed by atoms with Gasteiger partial charge >= 0.3 is 5.97 Å². The number of rotatable bonds is 12. The van der Waals surface area contributed by atoms with Crippen LogP contribution in [-0.4, -0.2) is 74.4 Å². The molecule has 212 valence electrons. The van der Waals surface area contributed by atoms with Gasteiger partial charge in [0, 0.05) is 32.6 Å². The van der Waals surface area contributed by atoms with Crippen LogP contribution in [0.1, 0.15) is 90.2 Å². The van der Waals surface area contributed by atoms with Gasteiger partial charge in [0.15, 0.2) is 0 Å². The minimum atomic E-state index is -0.352. The van der Waals surface area contributed by atoms with E-state index in [1.54, 1.807) is 0 Å². The number of hydrogen-bond donors (Lipinski definition) is 0. The van der Waals surface area contributed by atoms with Crippen LogP contribution in [0.4, 0.5) is 0 Å². The number of likely N-dealkylation sites (N-methyl/N-ethyl adjacent to an activating group) is 1. The van der Waals surface area contributed by atoms with Gasteiger partial charge in [-0.2, -0.15) is 0 Å². The second kappa shape index (κ2) is 13.5. The van der Waals surface area contributed by atoms with E-state index < -0.39 is 0 Å². The van der Waals surface area contributed by atoms with Crippen molar-refractivity contribution in [3.05, 3.63) is 28.8 Å². The zero-order valence-electron chi connectivity index (χ0n) is 24.6. The van der Waals surface area contributed by atoms with Crippen LogP contribution in [0, 0.1) is 5.92 Å². The standard InChI is InChI=1S/C32H50N2O4/c1-6-7-8-10-24(2)12-13-25-21-28(37-30(35)11-9-15-34-17-19-36-20-18-34)31-26-23-33(5)16-14-27(26)32(3,4)38-29(31)22-25/h21-22,24H,6-20,23H2,1-5H3. The van der Waals surface area contributed by atoms with Crippen molar-refractivity contribution in [3.8, 4) is 11.5 Å². The maximum absolute atomic E-state index is 13.1. The largest absolute Gasteiger partial charge is 0.483 e. The normalized spacial score (nSPS) is 20.4. The summed E-state index contributed by atoms with van der Waals surface area (Å²) in [6.45, 7) is 15.2. The van der Waals surface area contributed by atoms with Gasteiger partial charge in [0.2, 0.25) is 0 Å². The van der Waals surface area contributed by atoms with Crippen LogP contribution in [0.2, 0.25) is 0 Å². The van der Waals surface area contributed by atoms with Crippen LogP contribution in [0.5, 0.6) is 11.5 Å². The molecular weight excluding hydrogens is 476 g/mol. The first-order valence-corrected chi connectivity index (χ1v) is 15.0. The molecule has 6 heteroatoms. The van der Waals surface area contributed by atoms with Crippen LogP contribution in [0.15, 0.2) is 17.7 Å². The molecule has 1 atom stereocenters. The highest BCUT2D eigenvalue weighted by Gasteiger charge is 2.39. The topological polar surface area (TPSA) is 51.2 Å². The van der Waals surface area contributed by atoms with Gasteiger partial charge in [0.05, 0.1) is 18.8 Å². The molecule has 0 saturated carbocycles. The van der Waals surface area contributed by atoms with Gasteiger partial charge in [-0.15, -0.1) is 0 Å². The monoisotopic (exact) mass is 526 g/mol. The van der Waals surface area contributed by atoms with Gasteiger partial charge in [-0.05, 0) is 87.9 Å². The Morgan fingerprint density at radius 1 is 1.11 bits per heavy atom. The molecule has 0 N–H and O–H groups in total. The lowest BCUT2D eigenvalue weighted by atomic mass is 9.81. The quantitative estimate of drug-likeness (QED) is 0.186. The number of nitrogens with zero attached hydrogens (tertiary/aromatic N) is 2. The number of morpholine rings is 1. The number of carbonyl (C=O) groups excluding carboxylic acids is 1. The van der Waals surface area contributed by atoms with E-state index in [2.05, 4.69) is 56.7 Å². The molecule has 1 saturated heterocycles. The summed E-state index contributed by atoms with van der Waals surface area (Å²) in [5, 5.41) is 0. The van der Waals surface area contributed by atoms with Gasteiger partial charge in [-0.3, -0.25) is 9.69 Å². The number of fused-ring (bicyclic) bond motifs is 2. The minimum absolute atomic E-state index is 0.151. The Balaban J connectivity index is 1.53. The van der Waals surface area contributed by atoms with E-state index >= 15 is 0 Å². The summed E-state index contributed by atoms with van der Waals surface area (Å²) in [7, 11) is 2.16. The van der Waals surface area contributed by atoms with Crippen LogP contribution in [-0.2, 0) is 16.0 Å². The van der Waals surface area contributed by atoms with E-state index in [1.807, 2.05) is 0 Å². The van der Waals surface area contributed by atoms with E-state index in [4.69, 9.17) is 14.2 Å². The fourth-order valence-electron chi connectivity index (χ4n) is 6.12. The number of ether oxygens (including phenoxy) is 3. The van der Waals surface area contributed by atoms with Gasteiger partial charge in [-0.1, -0.05) is 39.5 Å². The van der Waals surface area contributed by atoms with Gasteiger partial charge in [0.25, 0.3) is 0 Å². The number of esters is 1. The number of hydrogen-bond acceptors (Lipinski definition) is 6. The first-order chi connectivity index (χ1) is 18.3. The summed E-state index contributed by atoms with van der Waals surface area (Å²) in [5.74, 6) is 2.09. The molecule has 4 rings (SSSR count). The van der Waals surface area contributed by atoms with Crippen molar-refractivity contribution in [2.75, 3.05) is 53.0 Å². The van der Waals surface area contributed by atoms with Gasteiger partial charge in [0.1, 0.15) is 17.1 Å². The molecule has 1 fully saturated rings. The molecule has 6 nitrogen and oxygen atoms in total. The Kier molecular flexibility index (Phi) is 10.3. The zero-order valence-corrected chi connectivity index (χ0v) is 24.6. The second-order valence-corrected chi connectivity index (χ2v) is 12.2. The van der Waals surface area contributed by atoms with Crippen LogP contribution in [0.3, 0.4) is 0 Å². The molecule has 3 aliphatic heterocycles. The highest BCUT2D eigenvalue weighted by molar-refractivity contribution is 5.84. The SMILES string of the molecule is CCCCCC(C)CCc1cc(OC(=O)CCCN2CCOCC2)c2c(c1)OC(C)(C)C1=C2CN(C)CC1. The van der Waals surface area contributed by atoms with Crippen molar-refractivity contribution in [2.24, 2.45) is 5.92 Å². The van der Waals surface area contributed by atoms with E-state index in [0.29, 0.717) is 18.1 Å². The molecule has 0 aliphatic carbocycles. The molecular formula is C32H50N2O4. The molecule has 3 aliphatic rings. The van der Waals surface area contributed by atoms with Crippen molar-refractivity contribution in [3.63, 3.8) is 0 Å². The Hall–Kier alpha value is -1.89. The fourth-order valence-corrected chi connectivity index (χ4v) is 6.12. The smallest absolute Gasteiger partial charge is 0.311 e. The van der Waals surface area contributed by atoms with Crippen molar-refractivity contribution in [1.82, 2.24) is 9.80 Å². The third-order valence-electron chi connectivity index (χ3n) is 8.46. The maximum Gasteiger partial charge on any atom is 0.311 e. The van der Waals surface area contributed by atoms with E-state index in [0.717, 1.165) is 82.9 Å². The second-order valence-electron chi connectivity index (χ2n) is 12.2. The van der Waals surface area contributed by atoms with Crippen LogP contribution >= 0.6 is 0 Å². The molecule has 0 bridgehead atoms. The first-order valence-electron chi connectivity index (χ1n) is 15.0. The summed E-state index contributed by atoms with van der Waals surface area (Å²) < 4.78 is 18.3. The number of benzene rings is 1. The maximum atomic E-state index is 13.1. The molecule has 38 heavy (non-hydrogen) atoms. The lowest BCUT2D eigenvalue weighted by Crippen LogP contribution is -2.41. The first kappa shape index (κ1) is 29.1. The Morgan fingerprint density at radius 2 is 1.89 bits per heavy atom. The molecule has 1 aromatic rings. The van der Waals surface area contributed by atoms with E-state index in [-0.39, 0.29) is 11.6 Å². The number of carbonyl (C=O) groups is 1. The fraction of sp³-hybridized carbons (Fsp3) is 0.719. The Labute approximate surface area is 230 Å². The zero-order chi connectivity index (χ0) is 27.1. The summed E-state index contributed by atoms with van der Waals surface area (Å²) in [6.07, 6.45) is 9.45. The summed E-state index contributed by atoms with van der Waals surface area (Å²) >= 11 is 0. The Bertz CT molecular complexity index is 980. The van der Waals surface area contributed by atoms with Gasteiger partial charge in [-0.25, -0.2) is 0 Å². The van der Waals surface area contributed by atoms with Crippen LogP contribution in [0.25, 0.3) is 5.57 Å².